The van der Waals surface area contributed by atoms with Crippen molar-refractivity contribution in [3.63, 3.8) is 0 Å². The SMILES string of the molecule is NCCCNC(=O)NCCOCC(=O)O. The molecule has 0 fully saturated rings. The molecule has 88 valence electrons. The van der Waals surface area contributed by atoms with Crippen LogP contribution in [0.3, 0.4) is 0 Å². The van der Waals surface area contributed by atoms with Gasteiger partial charge in [0, 0.05) is 13.1 Å². The lowest BCUT2D eigenvalue weighted by Crippen LogP contribution is -2.38. The third kappa shape index (κ3) is 10.6. The van der Waals surface area contributed by atoms with E-state index in [0.717, 1.165) is 6.42 Å². The number of rotatable bonds is 8. The van der Waals surface area contributed by atoms with Gasteiger partial charge in [-0.2, -0.15) is 0 Å². The zero-order valence-electron chi connectivity index (χ0n) is 8.49. The van der Waals surface area contributed by atoms with Crippen LogP contribution in [0, 0.1) is 0 Å². The number of carboxylic acid groups (broad SMARTS) is 1. The van der Waals surface area contributed by atoms with Crippen LogP contribution >= 0.6 is 0 Å². The predicted octanol–water partition coefficient (Wildman–Crippen LogP) is -1.26. The Balaban J connectivity index is 3.20. The number of amides is 2. The first-order valence-electron chi connectivity index (χ1n) is 4.68. The molecule has 0 unspecified atom stereocenters. The normalized spacial score (nSPS) is 9.67. The molecule has 7 heteroatoms. The fraction of sp³-hybridized carbons (Fsp3) is 0.750. The topological polar surface area (TPSA) is 114 Å². The molecule has 0 aliphatic rings. The van der Waals surface area contributed by atoms with Crippen LogP contribution in [0.2, 0.25) is 0 Å². The van der Waals surface area contributed by atoms with Crippen LogP contribution in [0.15, 0.2) is 0 Å². The summed E-state index contributed by atoms with van der Waals surface area (Å²) in [6.07, 6.45) is 0.725. The monoisotopic (exact) mass is 219 g/mol. The van der Waals surface area contributed by atoms with Crippen molar-refractivity contribution >= 4 is 12.0 Å². The van der Waals surface area contributed by atoms with Gasteiger partial charge < -0.3 is 26.2 Å². The first kappa shape index (κ1) is 13.7. The number of hydrogen-bond acceptors (Lipinski definition) is 4. The molecule has 5 N–H and O–H groups in total. The minimum atomic E-state index is -1.03. The molecule has 0 spiro atoms. The number of urea groups is 1. The Morgan fingerprint density at radius 3 is 2.53 bits per heavy atom. The zero-order valence-corrected chi connectivity index (χ0v) is 8.49. The predicted molar refractivity (Wildman–Crippen MR) is 53.5 cm³/mol. The summed E-state index contributed by atoms with van der Waals surface area (Å²) in [5, 5.41) is 13.3. The zero-order chi connectivity index (χ0) is 11.5. The number of ether oxygens (including phenoxy) is 1. The van der Waals surface area contributed by atoms with E-state index in [1.54, 1.807) is 0 Å². The Kier molecular flexibility index (Phi) is 8.40. The van der Waals surface area contributed by atoms with Crippen LogP contribution in [0.4, 0.5) is 4.79 Å². The second-order valence-corrected chi connectivity index (χ2v) is 2.77. The third-order valence-electron chi connectivity index (χ3n) is 1.42. The van der Waals surface area contributed by atoms with Crippen molar-refractivity contribution < 1.29 is 19.4 Å². The summed E-state index contributed by atoms with van der Waals surface area (Å²) in [5.74, 6) is -1.03. The molecule has 7 nitrogen and oxygen atoms in total. The van der Waals surface area contributed by atoms with E-state index >= 15 is 0 Å². The standard InChI is InChI=1S/C8H17N3O4/c9-2-1-3-10-8(14)11-4-5-15-6-7(12)13/h1-6,9H2,(H,12,13)(H2,10,11,14). The van der Waals surface area contributed by atoms with Crippen molar-refractivity contribution in [3.05, 3.63) is 0 Å². The highest BCUT2D eigenvalue weighted by Crippen LogP contribution is 1.75. The molecule has 15 heavy (non-hydrogen) atoms. The van der Waals surface area contributed by atoms with Crippen molar-refractivity contribution in [2.45, 2.75) is 6.42 Å². The van der Waals surface area contributed by atoms with Gasteiger partial charge in [-0.3, -0.25) is 0 Å². The minimum absolute atomic E-state index is 0.177. The van der Waals surface area contributed by atoms with Crippen LogP contribution in [0.25, 0.3) is 0 Å². The molecule has 0 atom stereocenters. The van der Waals surface area contributed by atoms with Crippen molar-refractivity contribution in [1.29, 1.82) is 0 Å². The molecule has 0 aromatic heterocycles. The van der Waals surface area contributed by atoms with Crippen LogP contribution < -0.4 is 16.4 Å². The Morgan fingerprint density at radius 2 is 1.93 bits per heavy atom. The van der Waals surface area contributed by atoms with Gasteiger partial charge in [0.2, 0.25) is 0 Å². The van der Waals surface area contributed by atoms with Crippen LogP contribution in [-0.2, 0) is 9.53 Å². The highest BCUT2D eigenvalue weighted by atomic mass is 16.5. The van der Waals surface area contributed by atoms with Gasteiger partial charge in [-0.25, -0.2) is 9.59 Å². The molecule has 0 bridgehead atoms. The van der Waals surface area contributed by atoms with Gasteiger partial charge in [0.05, 0.1) is 6.61 Å². The molecule has 0 aromatic rings. The first-order valence-corrected chi connectivity index (χ1v) is 4.68. The van der Waals surface area contributed by atoms with Gasteiger partial charge in [-0.1, -0.05) is 0 Å². The van der Waals surface area contributed by atoms with E-state index < -0.39 is 5.97 Å². The van der Waals surface area contributed by atoms with Crippen molar-refractivity contribution in [2.24, 2.45) is 5.73 Å². The van der Waals surface area contributed by atoms with Crippen LogP contribution in [0.1, 0.15) is 6.42 Å². The number of aliphatic carboxylic acids is 1. The summed E-state index contributed by atoms with van der Waals surface area (Å²) in [5.41, 5.74) is 5.24. The Morgan fingerprint density at radius 1 is 1.27 bits per heavy atom. The smallest absolute Gasteiger partial charge is 0.329 e. The van der Waals surface area contributed by atoms with E-state index in [4.69, 9.17) is 15.6 Å². The van der Waals surface area contributed by atoms with Gasteiger partial charge in [-0.15, -0.1) is 0 Å². The fourth-order valence-electron chi connectivity index (χ4n) is 0.763. The molecular weight excluding hydrogens is 202 g/mol. The van der Waals surface area contributed by atoms with Crippen molar-refractivity contribution in [3.8, 4) is 0 Å². The van der Waals surface area contributed by atoms with Crippen LogP contribution in [0.5, 0.6) is 0 Å². The summed E-state index contributed by atoms with van der Waals surface area (Å²) >= 11 is 0. The van der Waals surface area contributed by atoms with E-state index in [9.17, 15) is 9.59 Å². The van der Waals surface area contributed by atoms with Gasteiger partial charge in [-0.05, 0) is 13.0 Å². The Hall–Kier alpha value is -1.34. The molecule has 0 rings (SSSR count). The molecule has 0 aromatic carbocycles. The minimum Gasteiger partial charge on any atom is -0.480 e. The van der Waals surface area contributed by atoms with Crippen molar-refractivity contribution in [2.75, 3.05) is 32.8 Å². The Bertz CT molecular complexity index is 198. The molecule has 0 aliphatic carbocycles. The lowest BCUT2D eigenvalue weighted by molar-refractivity contribution is -0.142. The number of carboxylic acids is 1. The van der Waals surface area contributed by atoms with E-state index in [1.807, 2.05) is 0 Å². The molecule has 0 saturated heterocycles. The summed E-state index contributed by atoms with van der Waals surface area (Å²) in [6, 6.07) is -0.303. The first-order chi connectivity index (χ1) is 7.16. The van der Waals surface area contributed by atoms with Crippen molar-refractivity contribution in [1.82, 2.24) is 10.6 Å². The maximum Gasteiger partial charge on any atom is 0.329 e. The molecular formula is C8H17N3O4. The maximum atomic E-state index is 11.0. The molecule has 0 saturated carbocycles. The summed E-state index contributed by atoms with van der Waals surface area (Å²) in [7, 11) is 0. The lowest BCUT2D eigenvalue weighted by atomic mass is 10.4. The van der Waals surface area contributed by atoms with Gasteiger partial charge in [0.15, 0.2) is 0 Å². The van der Waals surface area contributed by atoms with E-state index in [-0.39, 0.29) is 25.8 Å². The fourth-order valence-corrected chi connectivity index (χ4v) is 0.763. The average molecular weight is 219 g/mol. The molecule has 2 amide bonds. The van der Waals surface area contributed by atoms with Crippen LogP contribution in [-0.4, -0.2) is 50.0 Å². The second kappa shape index (κ2) is 9.22. The highest BCUT2D eigenvalue weighted by molar-refractivity contribution is 5.73. The number of carbonyl (C=O) groups is 2. The number of hydrogen-bond donors (Lipinski definition) is 4. The van der Waals surface area contributed by atoms with E-state index in [2.05, 4.69) is 10.6 Å². The second-order valence-electron chi connectivity index (χ2n) is 2.77. The summed E-state index contributed by atoms with van der Waals surface area (Å²) in [6.45, 7) is 1.16. The summed E-state index contributed by atoms with van der Waals surface area (Å²) < 4.78 is 4.71. The third-order valence-corrected chi connectivity index (χ3v) is 1.42. The number of nitrogens with one attached hydrogen (secondary N) is 2. The average Bonchev–Trinajstić information content (AvgIpc) is 2.17. The number of carbonyl (C=O) groups excluding carboxylic acids is 1. The highest BCUT2D eigenvalue weighted by Gasteiger charge is 1.99. The molecule has 0 aliphatic heterocycles. The van der Waals surface area contributed by atoms with Gasteiger partial charge in [0.1, 0.15) is 6.61 Å². The van der Waals surface area contributed by atoms with Gasteiger partial charge in [0.25, 0.3) is 0 Å². The van der Waals surface area contributed by atoms with E-state index in [1.165, 1.54) is 0 Å². The summed E-state index contributed by atoms with van der Waals surface area (Å²) in [4.78, 5) is 21.0. The quantitative estimate of drug-likeness (QED) is 0.380. The molecule has 0 heterocycles. The van der Waals surface area contributed by atoms with E-state index in [0.29, 0.717) is 13.1 Å². The lowest BCUT2D eigenvalue weighted by Gasteiger charge is -2.06. The Labute approximate surface area is 88.0 Å². The largest absolute Gasteiger partial charge is 0.480 e. The van der Waals surface area contributed by atoms with Gasteiger partial charge >= 0.3 is 12.0 Å². The molecule has 0 radical (unpaired) electrons. The maximum absolute atomic E-state index is 11.0. The number of nitrogens with two attached hydrogens (primary N) is 1.